The van der Waals surface area contributed by atoms with Gasteiger partial charge in [0.2, 0.25) is 11.8 Å². The number of likely N-dealkylation sites (tertiary alicyclic amines) is 1. The lowest BCUT2D eigenvalue weighted by Gasteiger charge is -2.30. The van der Waals surface area contributed by atoms with Crippen LogP contribution < -0.4 is 5.56 Å². The van der Waals surface area contributed by atoms with Gasteiger partial charge in [-0.2, -0.15) is 0 Å². The van der Waals surface area contributed by atoms with E-state index >= 15 is 0 Å². The molecule has 4 heterocycles. The smallest absolute Gasteiger partial charge is 0.261 e. The first-order chi connectivity index (χ1) is 13.0. The molecule has 2 bridgehead atoms. The lowest BCUT2D eigenvalue weighted by Crippen LogP contribution is -2.46. The first kappa shape index (κ1) is 16.5. The van der Waals surface area contributed by atoms with Crippen molar-refractivity contribution in [3.05, 3.63) is 40.4 Å². The molecule has 2 fully saturated rings. The molecule has 3 aliphatic rings. The van der Waals surface area contributed by atoms with Gasteiger partial charge in [-0.25, -0.2) is 4.98 Å². The fourth-order valence-electron chi connectivity index (χ4n) is 4.92. The van der Waals surface area contributed by atoms with Crippen LogP contribution in [0.5, 0.6) is 0 Å². The minimum Gasteiger partial charge on any atom is -0.345 e. The number of rotatable bonds is 1. The second kappa shape index (κ2) is 5.90. The van der Waals surface area contributed by atoms with E-state index in [2.05, 4.69) is 0 Å². The van der Waals surface area contributed by atoms with Crippen LogP contribution in [0.3, 0.4) is 0 Å². The second-order valence-corrected chi connectivity index (χ2v) is 7.97. The van der Waals surface area contributed by atoms with E-state index in [4.69, 9.17) is 4.98 Å². The Morgan fingerprint density at radius 3 is 2.63 bits per heavy atom. The molecule has 1 aromatic carbocycles. The van der Waals surface area contributed by atoms with E-state index in [-0.39, 0.29) is 35.4 Å². The molecule has 2 aromatic rings. The summed E-state index contributed by atoms with van der Waals surface area (Å²) in [7, 11) is 1.75. The maximum atomic E-state index is 13.2. The number of aromatic nitrogens is 2. The fourth-order valence-corrected chi connectivity index (χ4v) is 4.92. The maximum absolute atomic E-state index is 13.2. The summed E-state index contributed by atoms with van der Waals surface area (Å²) in [6, 6.07) is 7.48. The molecule has 2 saturated heterocycles. The first-order valence-corrected chi connectivity index (χ1v) is 9.57. The van der Waals surface area contributed by atoms with E-state index in [9.17, 15) is 14.4 Å². The maximum Gasteiger partial charge on any atom is 0.261 e. The van der Waals surface area contributed by atoms with Crippen molar-refractivity contribution in [1.29, 1.82) is 0 Å². The van der Waals surface area contributed by atoms with Crippen LogP contribution in [-0.2, 0) is 22.6 Å². The van der Waals surface area contributed by atoms with Crippen molar-refractivity contribution in [2.45, 2.75) is 44.3 Å². The Bertz CT molecular complexity index is 1010. The van der Waals surface area contributed by atoms with Crippen molar-refractivity contribution in [3.8, 4) is 0 Å². The molecule has 27 heavy (non-hydrogen) atoms. The van der Waals surface area contributed by atoms with Gasteiger partial charge in [-0.3, -0.25) is 19.0 Å². The van der Waals surface area contributed by atoms with Gasteiger partial charge in [0.1, 0.15) is 5.82 Å². The molecule has 5 rings (SSSR count). The second-order valence-electron chi connectivity index (χ2n) is 7.97. The monoisotopic (exact) mass is 366 g/mol. The van der Waals surface area contributed by atoms with Crippen LogP contribution in [-0.4, -0.2) is 56.8 Å². The van der Waals surface area contributed by atoms with E-state index in [0.29, 0.717) is 36.8 Å². The number of hydrogen-bond acceptors (Lipinski definition) is 4. The number of amides is 2. The van der Waals surface area contributed by atoms with Crippen LogP contribution in [0, 0.1) is 5.92 Å². The summed E-state index contributed by atoms with van der Waals surface area (Å²) < 4.78 is 1.76. The number of fused-ring (bicyclic) bond motifs is 4. The highest BCUT2D eigenvalue weighted by molar-refractivity contribution is 5.89. The molecule has 7 nitrogen and oxygen atoms in total. The van der Waals surface area contributed by atoms with E-state index < -0.39 is 0 Å². The first-order valence-electron chi connectivity index (χ1n) is 9.57. The molecule has 7 heteroatoms. The summed E-state index contributed by atoms with van der Waals surface area (Å²) in [5, 5.41) is 0.625. The minimum absolute atomic E-state index is 0.00502. The lowest BCUT2D eigenvalue weighted by molar-refractivity contribution is -0.138. The van der Waals surface area contributed by atoms with Gasteiger partial charge >= 0.3 is 0 Å². The topological polar surface area (TPSA) is 75.5 Å². The van der Waals surface area contributed by atoms with Crippen LogP contribution in [0.4, 0.5) is 0 Å². The number of carbonyl (C=O) groups is 2. The highest BCUT2D eigenvalue weighted by Gasteiger charge is 2.44. The molecule has 0 unspecified atom stereocenters. The van der Waals surface area contributed by atoms with E-state index in [1.807, 2.05) is 29.2 Å². The third-order valence-corrected chi connectivity index (χ3v) is 6.32. The predicted molar refractivity (Wildman–Crippen MR) is 99.1 cm³/mol. The van der Waals surface area contributed by atoms with Crippen molar-refractivity contribution < 1.29 is 9.59 Å². The quantitative estimate of drug-likeness (QED) is 0.748. The van der Waals surface area contributed by atoms with Crippen molar-refractivity contribution >= 4 is 22.7 Å². The molecule has 3 aliphatic heterocycles. The van der Waals surface area contributed by atoms with E-state index in [1.54, 1.807) is 16.5 Å². The van der Waals surface area contributed by atoms with Gasteiger partial charge in [-0.05, 0) is 25.0 Å². The zero-order valence-electron chi connectivity index (χ0n) is 15.3. The van der Waals surface area contributed by atoms with Crippen molar-refractivity contribution in [2.75, 3.05) is 13.6 Å². The Morgan fingerprint density at radius 1 is 1.07 bits per heavy atom. The molecule has 0 saturated carbocycles. The van der Waals surface area contributed by atoms with Gasteiger partial charge < -0.3 is 9.80 Å². The minimum atomic E-state index is -0.268. The van der Waals surface area contributed by atoms with Gasteiger partial charge in [0, 0.05) is 39.0 Å². The average Bonchev–Trinajstić information content (AvgIpc) is 3.14. The van der Waals surface area contributed by atoms with Crippen LogP contribution in [0.2, 0.25) is 0 Å². The van der Waals surface area contributed by atoms with Crippen LogP contribution in [0.25, 0.3) is 10.9 Å². The average molecular weight is 366 g/mol. The SMILES string of the molecule is CN1C[C@H](C(=O)N2[C@@H]3CC[C@@H]2Cn2c(nc4ccccc4c2=O)C3)CC1=O. The number of para-hydroxylation sites is 1. The summed E-state index contributed by atoms with van der Waals surface area (Å²) >= 11 is 0. The van der Waals surface area contributed by atoms with Crippen LogP contribution >= 0.6 is 0 Å². The standard InChI is InChI=1S/C20H22N4O3/c1-22-10-12(8-18(22)25)19(26)24-13-6-7-14(24)11-23-17(9-13)21-16-5-3-2-4-15(16)20(23)27/h2-5,12-14H,6-11H2,1H3/t12-,13-,14-/m1/s1. The van der Waals surface area contributed by atoms with Gasteiger partial charge in [0.25, 0.3) is 5.56 Å². The highest BCUT2D eigenvalue weighted by Crippen LogP contribution is 2.33. The number of benzene rings is 1. The Hall–Kier alpha value is -2.70. The van der Waals surface area contributed by atoms with Gasteiger partial charge in [0.05, 0.1) is 22.9 Å². The molecule has 0 spiro atoms. The van der Waals surface area contributed by atoms with Crippen LogP contribution in [0.1, 0.15) is 25.1 Å². The third-order valence-electron chi connectivity index (χ3n) is 6.32. The summed E-state index contributed by atoms with van der Waals surface area (Å²) in [6.07, 6.45) is 2.71. The van der Waals surface area contributed by atoms with Gasteiger partial charge in [-0.1, -0.05) is 12.1 Å². The Labute approximate surface area is 156 Å². The summed E-state index contributed by atoms with van der Waals surface area (Å²) in [5.41, 5.74) is 0.693. The Balaban J connectivity index is 1.51. The lowest BCUT2D eigenvalue weighted by atomic mass is 10.1. The van der Waals surface area contributed by atoms with Crippen LogP contribution in [0.15, 0.2) is 29.1 Å². The number of nitrogens with zero attached hydrogens (tertiary/aromatic N) is 4. The van der Waals surface area contributed by atoms with E-state index in [0.717, 1.165) is 18.7 Å². The van der Waals surface area contributed by atoms with Crippen molar-refractivity contribution in [3.63, 3.8) is 0 Å². The molecule has 0 N–H and O–H groups in total. The summed E-state index contributed by atoms with van der Waals surface area (Å²) in [4.78, 5) is 46.4. The van der Waals surface area contributed by atoms with Crippen molar-refractivity contribution in [1.82, 2.24) is 19.4 Å². The molecular formula is C20H22N4O3. The molecule has 2 amide bonds. The highest BCUT2D eigenvalue weighted by atomic mass is 16.2. The number of hydrogen-bond donors (Lipinski definition) is 0. The Morgan fingerprint density at radius 2 is 1.85 bits per heavy atom. The van der Waals surface area contributed by atoms with E-state index in [1.165, 1.54) is 0 Å². The van der Waals surface area contributed by atoms with Gasteiger partial charge in [0.15, 0.2) is 0 Å². The molecule has 140 valence electrons. The zero-order chi connectivity index (χ0) is 18.7. The van der Waals surface area contributed by atoms with Gasteiger partial charge in [-0.15, -0.1) is 0 Å². The predicted octanol–water partition coefficient (Wildman–Crippen LogP) is 0.790. The molecule has 0 aliphatic carbocycles. The zero-order valence-corrected chi connectivity index (χ0v) is 15.3. The Kier molecular flexibility index (Phi) is 3.60. The number of carbonyl (C=O) groups excluding carboxylic acids is 2. The molecular weight excluding hydrogens is 344 g/mol. The normalized spacial score (nSPS) is 27.1. The molecule has 1 aromatic heterocycles. The summed E-state index contributed by atoms with van der Waals surface area (Å²) in [6.45, 7) is 0.980. The largest absolute Gasteiger partial charge is 0.345 e. The third kappa shape index (κ3) is 2.48. The molecule has 0 radical (unpaired) electrons. The van der Waals surface area contributed by atoms with Crippen molar-refractivity contribution in [2.24, 2.45) is 5.92 Å². The summed E-state index contributed by atoms with van der Waals surface area (Å²) in [5.74, 6) is 0.590. The molecule has 3 atom stereocenters. The fraction of sp³-hybridized carbons (Fsp3) is 0.500.